The van der Waals surface area contributed by atoms with Gasteiger partial charge in [-0.3, -0.25) is 0 Å². The Morgan fingerprint density at radius 2 is 2.00 bits per heavy atom. The molecule has 1 N–H and O–H groups in total. The summed E-state index contributed by atoms with van der Waals surface area (Å²) in [6, 6.07) is 9.38. The van der Waals surface area contributed by atoms with Crippen LogP contribution >= 0.6 is 11.3 Å². The zero-order chi connectivity index (χ0) is 13.2. The van der Waals surface area contributed by atoms with Crippen LogP contribution in [-0.2, 0) is 6.54 Å². The van der Waals surface area contributed by atoms with E-state index in [0.29, 0.717) is 0 Å². The van der Waals surface area contributed by atoms with Gasteiger partial charge in [0.25, 0.3) is 0 Å². The Bertz CT molecular complexity index is 541. The highest BCUT2D eigenvalue weighted by molar-refractivity contribution is 7.15. The molecule has 0 amide bonds. The van der Waals surface area contributed by atoms with Gasteiger partial charge in [0, 0.05) is 38.6 Å². The predicted octanol–water partition coefficient (Wildman–Crippen LogP) is 3.13. The van der Waals surface area contributed by atoms with Crippen molar-refractivity contribution in [3.8, 4) is 10.4 Å². The van der Waals surface area contributed by atoms with Gasteiger partial charge in [-0.05, 0) is 30.5 Å². The van der Waals surface area contributed by atoms with Crippen molar-refractivity contribution in [3.05, 3.63) is 35.5 Å². The quantitative estimate of drug-likeness (QED) is 0.907. The number of aromatic nitrogens is 1. The minimum Gasteiger partial charge on any atom is -0.378 e. The highest BCUT2D eigenvalue weighted by Crippen LogP contribution is 2.28. The van der Waals surface area contributed by atoms with E-state index in [2.05, 4.69) is 53.6 Å². The van der Waals surface area contributed by atoms with E-state index in [0.717, 1.165) is 12.6 Å². The van der Waals surface area contributed by atoms with E-state index in [9.17, 15) is 0 Å². The molecule has 1 fully saturated rings. The zero-order valence-electron chi connectivity index (χ0n) is 11.4. The molecule has 0 spiro atoms. The lowest BCUT2D eigenvalue weighted by atomic mass is 10.2. The highest BCUT2D eigenvalue weighted by atomic mass is 32.1. The fourth-order valence-corrected chi connectivity index (χ4v) is 2.84. The van der Waals surface area contributed by atoms with Crippen LogP contribution in [0.3, 0.4) is 0 Å². The number of rotatable bonds is 5. The lowest BCUT2D eigenvalue weighted by Crippen LogP contribution is -2.14. The molecule has 0 unspecified atom stereocenters. The second kappa shape index (κ2) is 5.31. The van der Waals surface area contributed by atoms with Crippen LogP contribution in [0.2, 0.25) is 0 Å². The van der Waals surface area contributed by atoms with Gasteiger partial charge < -0.3 is 10.2 Å². The number of benzene rings is 1. The smallest absolute Gasteiger partial charge is 0.107 e. The van der Waals surface area contributed by atoms with Crippen molar-refractivity contribution in [1.82, 2.24) is 10.3 Å². The second-order valence-corrected chi connectivity index (χ2v) is 6.33. The summed E-state index contributed by atoms with van der Waals surface area (Å²) in [4.78, 5) is 7.86. The van der Waals surface area contributed by atoms with Gasteiger partial charge in [-0.15, -0.1) is 11.3 Å². The van der Waals surface area contributed by atoms with E-state index in [1.165, 1.54) is 34.0 Å². The Balaban J connectivity index is 1.70. The molecule has 0 bridgehead atoms. The minimum absolute atomic E-state index is 0.742. The van der Waals surface area contributed by atoms with Crippen LogP contribution in [0.15, 0.2) is 30.5 Å². The van der Waals surface area contributed by atoms with Crippen LogP contribution in [0.1, 0.15) is 17.8 Å². The summed E-state index contributed by atoms with van der Waals surface area (Å²) in [5.41, 5.74) is 2.48. The number of hydrogen-bond donors (Lipinski definition) is 1. The first kappa shape index (κ1) is 12.6. The topological polar surface area (TPSA) is 28.2 Å². The first-order valence-electron chi connectivity index (χ1n) is 6.68. The third kappa shape index (κ3) is 3.14. The summed E-state index contributed by atoms with van der Waals surface area (Å²) in [6.45, 7) is 0.908. The molecule has 2 aromatic rings. The predicted molar refractivity (Wildman–Crippen MR) is 81.7 cm³/mol. The molecule has 1 aliphatic rings. The van der Waals surface area contributed by atoms with Crippen LogP contribution in [0, 0.1) is 0 Å². The number of anilines is 1. The van der Waals surface area contributed by atoms with Gasteiger partial charge in [0.2, 0.25) is 0 Å². The molecule has 4 heteroatoms. The second-order valence-electron chi connectivity index (χ2n) is 5.21. The fraction of sp³-hybridized carbons (Fsp3) is 0.400. The van der Waals surface area contributed by atoms with Crippen LogP contribution in [-0.4, -0.2) is 25.1 Å². The Kier molecular flexibility index (Phi) is 3.53. The van der Waals surface area contributed by atoms with E-state index >= 15 is 0 Å². The maximum Gasteiger partial charge on any atom is 0.107 e. The molecule has 1 aliphatic carbocycles. The molecule has 0 atom stereocenters. The molecule has 19 heavy (non-hydrogen) atoms. The number of nitrogens with zero attached hydrogens (tertiary/aromatic N) is 2. The van der Waals surface area contributed by atoms with Gasteiger partial charge in [0.15, 0.2) is 0 Å². The number of nitrogens with one attached hydrogen (secondary N) is 1. The van der Waals surface area contributed by atoms with Gasteiger partial charge in [0.05, 0.1) is 4.88 Å². The molecule has 0 radical (unpaired) electrons. The molecule has 0 saturated heterocycles. The van der Waals surface area contributed by atoms with Crippen molar-refractivity contribution < 1.29 is 0 Å². The molecule has 1 saturated carbocycles. The van der Waals surface area contributed by atoms with Crippen molar-refractivity contribution in [2.24, 2.45) is 0 Å². The van der Waals surface area contributed by atoms with Gasteiger partial charge in [-0.25, -0.2) is 4.98 Å². The fourth-order valence-electron chi connectivity index (χ4n) is 1.97. The third-order valence-corrected chi connectivity index (χ3v) is 4.39. The normalized spacial score (nSPS) is 14.6. The molecular formula is C15H19N3S. The maximum absolute atomic E-state index is 4.50. The summed E-state index contributed by atoms with van der Waals surface area (Å²) in [7, 11) is 4.12. The first-order chi connectivity index (χ1) is 9.22. The van der Waals surface area contributed by atoms with E-state index in [-0.39, 0.29) is 0 Å². The van der Waals surface area contributed by atoms with Crippen molar-refractivity contribution in [1.29, 1.82) is 0 Å². The van der Waals surface area contributed by atoms with Gasteiger partial charge in [-0.1, -0.05) is 12.1 Å². The molecule has 3 rings (SSSR count). The number of thiazole rings is 1. The average molecular weight is 273 g/mol. The lowest BCUT2D eigenvalue weighted by Gasteiger charge is -2.12. The molecule has 3 nitrogen and oxygen atoms in total. The van der Waals surface area contributed by atoms with Crippen LogP contribution in [0.4, 0.5) is 5.69 Å². The van der Waals surface area contributed by atoms with Crippen molar-refractivity contribution >= 4 is 17.0 Å². The minimum atomic E-state index is 0.742. The SMILES string of the molecule is CN(C)c1ccc(-c2cnc(CNC3CC3)s2)cc1. The molecule has 1 aromatic heterocycles. The molecule has 100 valence electrons. The summed E-state index contributed by atoms with van der Waals surface area (Å²) in [5.74, 6) is 0. The average Bonchev–Trinajstić information content (AvgIpc) is 3.13. The zero-order valence-corrected chi connectivity index (χ0v) is 12.2. The Morgan fingerprint density at radius 3 is 2.63 bits per heavy atom. The summed E-state index contributed by atoms with van der Waals surface area (Å²) in [5, 5.41) is 4.68. The largest absolute Gasteiger partial charge is 0.378 e. The summed E-state index contributed by atoms with van der Waals surface area (Å²) < 4.78 is 0. The van der Waals surface area contributed by atoms with E-state index in [4.69, 9.17) is 0 Å². The molecule has 1 aromatic carbocycles. The summed E-state index contributed by atoms with van der Waals surface area (Å²) >= 11 is 1.78. The molecule has 1 heterocycles. The Morgan fingerprint density at radius 1 is 1.26 bits per heavy atom. The standard InChI is InChI=1S/C15H19N3S/c1-18(2)13-7-3-11(4-8-13)14-9-17-15(19-14)10-16-12-5-6-12/h3-4,7-9,12,16H,5-6,10H2,1-2H3. The number of hydrogen-bond acceptors (Lipinski definition) is 4. The Labute approximate surface area is 118 Å². The first-order valence-corrected chi connectivity index (χ1v) is 7.50. The van der Waals surface area contributed by atoms with E-state index in [1.54, 1.807) is 11.3 Å². The van der Waals surface area contributed by atoms with Crippen LogP contribution < -0.4 is 10.2 Å². The van der Waals surface area contributed by atoms with E-state index < -0.39 is 0 Å². The monoisotopic (exact) mass is 273 g/mol. The van der Waals surface area contributed by atoms with E-state index in [1.807, 2.05) is 6.20 Å². The van der Waals surface area contributed by atoms with Crippen molar-refractivity contribution in [2.45, 2.75) is 25.4 Å². The summed E-state index contributed by atoms with van der Waals surface area (Å²) in [6.07, 6.45) is 4.63. The lowest BCUT2D eigenvalue weighted by molar-refractivity contribution is 0.684. The van der Waals surface area contributed by atoms with Gasteiger partial charge >= 0.3 is 0 Å². The van der Waals surface area contributed by atoms with Crippen LogP contribution in [0.25, 0.3) is 10.4 Å². The van der Waals surface area contributed by atoms with Gasteiger partial charge in [-0.2, -0.15) is 0 Å². The van der Waals surface area contributed by atoms with Gasteiger partial charge in [0.1, 0.15) is 5.01 Å². The molecular weight excluding hydrogens is 254 g/mol. The van der Waals surface area contributed by atoms with Crippen molar-refractivity contribution in [3.63, 3.8) is 0 Å². The van der Waals surface area contributed by atoms with Crippen molar-refractivity contribution in [2.75, 3.05) is 19.0 Å². The highest BCUT2D eigenvalue weighted by Gasteiger charge is 2.20. The third-order valence-electron chi connectivity index (χ3n) is 3.34. The molecule has 0 aliphatic heterocycles. The van der Waals surface area contributed by atoms with Crippen LogP contribution in [0.5, 0.6) is 0 Å². The Hall–Kier alpha value is -1.39. The maximum atomic E-state index is 4.50.